The Morgan fingerprint density at radius 3 is 2.31 bits per heavy atom. The predicted molar refractivity (Wildman–Crippen MR) is 104 cm³/mol. The minimum atomic E-state index is -0.353. The SMILES string of the molecule is C[C@H](CC(=O)NCC(=O)Nc1ccccc1Br)NC(=O)c1ccccc1. The zero-order valence-electron chi connectivity index (χ0n) is 14.3. The molecular weight excluding hydrogens is 398 g/mol. The third kappa shape index (κ3) is 6.33. The van der Waals surface area contributed by atoms with Crippen molar-refractivity contribution in [2.45, 2.75) is 19.4 Å². The summed E-state index contributed by atoms with van der Waals surface area (Å²) in [7, 11) is 0. The van der Waals surface area contributed by atoms with E-state index < -0.39 is 0 Å². The summed E-state index contributed by atoms with van der Waals surface area (Å²) in [4.78, 5) is 35.9. The van der Waals surface area contributed by atoms with Gasteiger partial charge >= 0.3 is 0 Å². The van der Waals surface area contributed by atoms with Gasteiger partial charge in [0.25, 0.3) is 5.91 Å². The van der Waals surface area contributed by atoms with Crippen LogP contribution in [0, 0.1) is 0 Å². The molecule has 1 atom stereocenters. The largest absolute Gasteiger partial charge is 0.349 e. The van der Waals surface area contributed by atoms with Gasteiger partial charge < -0.3 is 16.0 Å². The number of hydrogen-bond donors (Lipinski definition) is 3. The van der Waals surface area contributed by atoms with E-state index in [9.17, 15) is 14.4 Å². The molecule has 0 fully saturated rings. The van der Waals surface area contributed by atoms with Crippen LogP contribution in [-0.4, -0.2) is 30.3 Å². The summed E-state index contributed by atoms with van der Waals surface area (Å²) in [6, 6.07) is 15.6. The molecule has 0 spiro atoms. The number of nitrogens with one attached hydrogen (secondary N) is 3. The van der Waals surface area contributed by atoms with Gasteiger partial charge in [-0.1, -0.05) is 30.3 Å². The van der Waals surface area contributed by atoms with Crippen LogP contribution in [0.5, 0.6) is 0 Å². The standard InChI is InChI=1S/C19H20BrN3O3/c1-13(22-19(26)14-7-3-2-4-8-14)11-17(24)21-12-18(25)23-16-10-6-5-9-15(16)20/h2-10,13H,11-12H2,1H3,(H,21,24)(H,22,26)(H,23,25)/t13-/m1/s1. The lowest BCUT2D eigenvalue weighted by Gasteiger charge is -2.14. The van der Waals surface area contributed by atoms with Gasteiger partial charge in [0, 0.05) is 22.5 Å². The Bertz CT molecular complexity index is 781. The minimum absolute atomic E-state index is 0.0842. The Morgan fingerprint density at radius 1 is 0.962 bits per heavy atom. The van der Waals surface area contributed by atoms with Crippen molar-refractivity contribution in [3.63, 3.8) is 0 Å². The van der Waals surface area contributed by atoms with Crippen molar-refractivity contribution < 1.29 is 14.4 Å². The number of halogens is 1. The smallest absolute Gasteiger partial charge is 0.251 e. The van der Waals surface area contributed by atoms with Gasteiger partial charge in [-0.25, -0.2) is 0 Å². The maximum Gasteiger partial charge on any atom is 0.251 e. The fraction of sp³-hybridized carbons (Fsp3) is 0.211. The van der Waals surface area contributed by atoms with E-state index in [1.807, 2.05) is 18.2 Å². The monoisotopic (exact) mass is 417 g/mol. The van der Waals surface area contributed by atoms with Crippen LogP contribution in [0.4, 0.5) is 5.69 Å². The fourth-order valence-electron chi connectivity index (χ4n) is 2.23. The highest BCUT2D eigenvalue weighted by molar-refractivity contribution is 9.10. The number of anilines is 1. The zero-order chi connectivity index (χ0) is 18.9. The third-order valence-electron chi connectivity index (χ3n) is 3.50. The van der Waals surface area contributed by atoms with Gasteiger partial charge in [-0.05, 0) is 47.1 Å². The van der Waals surface area contributed by atoms with Crippen molar-refractivity contribution in [1.29, 1.82) is 0 Å². The van der Waals surface area contributed by atoms with Crippen molar-refractivity contribution in [1.82, 2.24) is 10.6 Å². The Labute approximate surface area is 160 Å². The molecule has 0 aliphatic carbocycles. The number of para-hydroxylation sites is 1. The molecule has 2 rings (SSSR count). The highest BCUT2D eigenvalue weighted by Gasteiger charge is 2.14. The Morgan fingerprint density at radius 2 is 1.62 bits per heavy atom. The van der Waals surface area contributed by atoms with Crippen molar-refractivity contribution in [2.75, 3.05) is 11.9 Å². The number of benzene rings is 2. The van der Waals surface area contributed by atoms with Gasteiger partial charge in [0.05, 0.1) is 12.2 Å². The number of carbonyl (C=O) groups excluding carboxylic acids is 3. The van der Waals surface area contributed by atoms with Crippen LogP contribution in [0.2, 0.25) is 0 Å². The molecule has 0 aliphatic rings. The van der Waals surface area contributed by atoms with E-state index in [-0.39, 0.29) is 36.7 Å². The molecule has 3 N–H and O–H groups in total. The van der Waals surface area contributed by atoms with Crippen molar-refractivity contribution in [3.05, 3.63) is 64.6 Å². The van der Waals surface area contributed by atoms with Crippen LogP contribution in [0.3, 0.4) is 0 Å². The summed E-state index contributed by atoms with van der Waals surface area (Å²) in [6.07, 6.45) is 0.0842. The first kappa shape index (κ1) is 19.7. The first-order valence-corrected chi connectivity index (χ1v) is 8.92. The molecule has 2 aromatic rings. The Balaban J connectivity index is 1.73. The van der Waals surface area contributed by atoms with Crippen LogP contribution in [0.25, 0.3) is 0 Å². The van der Waals surface area contributed by atoms with E-state index in [4.69, 9.17) is 0 Å². The fourth-order valence-corrected chi connectivity index (χ4v) is 2.62. The van der Waals surface area contributed by atoms with Crippen LogP contribution in [0.1, 0.15) is 23.7 Å². The lowest BCUT2D eigenvalue weighted by atomic mass is 10.1. The maximum atomic E-state index is 12.0. The minimum Gasteiger partial charge on any atom is -0.349 e. The molecule has 3 amide bonds. The van der Waals surface area contributed by atoms with E-state index in [0.29, 0.717) is 11.3 Å². The van der Waals surface area contributed by atoms with Crippen LogP contribution < -0.4 is 16.0 Å². The summed E-state index contributed by atoms with van der Waals surface area (Å²) in [5.41, 5.74) is 1.17. The van der Waals surface area contributed by atoms with E-state index in [1.54, 1.807) is 43.3 Å². The number of carbonyl (C=O) groups is 3. The molecule has 0 aliphatic heterocycles. The highest BCUT2D eigenvalue weighted by atomic mass is 79.9. The molecule has 0 aromatic heterocycles. The molecule has 0 radical (unpaired) electrons. The Kier molecular flexibility index (Phi) is 7.35. The van der Waals surface area contributed by atoms with Gasteiger partial charge in [-0.2, -0.15) is 0 Å². The van der Waals surface area contributed by atoms with E-state index in [0.717, 1.165) is 4.47 Å². The predicted octanol–water partition coefficient (Wildman–Crippen LogP) is 2.71. The van der Waals surface area contributed by atoms with Crippen molar-refractivity contribution in [3.8, 4) is 0 Å². The lowest BCUT2D eigenvalue weighted by molar-refractivity contribution is -0.124. The second-order valence-corrected chi connectivity index (χ2v) is 6.60. The quantitative estimate of drug-likeness (QED) is 0.646. The second kappa shape index (κ2) is 9.72. The third-order valence-corrected chi connectivity index (χ3v) is 4.19. The molecule has 7 heteroatoms. The highest BCUT2D eigenvalue weighted by Crippen LogP contribution is 2.20. The topological polar surface area (TPSA) is 87.3 Å². The van der Waals surface area contributed by atoms with Gasteiger partial charge in [-0.15, -0.1) is 0 Å². The van der Waals surface area contributed by atoms with Crippen LogP contribution in [0.15, 0.2) is 59.1 Å². The second-order valence-electron chi connectivity index (χ2n) is 5.75. The van der Waals surface area contributed by atoms with Gasteiger partial charge in [-0.3, -0.25) is 14.4 Å². The van der Waals surface area contributed by atoms with E-state index in [2.05, 4.69) is 31.9 Å². The van der Waals surface area contributed by atoms with Gasteiger partial charge in [0.15, 0.2) is 0 Å². The molecule has 0 unspecified atom stereocenters. The summed E-state index contributed by atoms with van der Waals surface area (Å²) >= 11 is 3.34. The normalized spacial score (nSPS) is 11.3. The van der Waals surface area contributed by atoms with Gasteiger partial charge in [0.1, 0.15) is 0 Å². The van der Waals surface area contributed by atoms with Gasteiger partial charge in [0.2, 0.25) is 11.8 Å². The zero-order valence-corrected chi connectivity index (χ0v) is 15.9. The molecular formula is C19H20BrN3O3. The summed E-state index contributed by atoms with van der Waals surface area (Å²) in [5.74, 6) is -0.878. The molecule has 0 saturated heterocycles. The van der Waals surface area contributed by atoms with E-state index >= 15 is 0 Å². The lowest BCUT2D eigenvalue weighted by Crippen LogP contribution is -2.39. The number of hydrogen-bond acceptors (Lipinski definition) is 3. The Hall–Kier alpha value is -2.67. The summed E-state index contributed by atoms with van der Waals surface area (Å²) in [5, 5.41) is 8.01. The van der Waals surface area contributed by atoms with Crippen LogP contribution in [-0.2, 0) is 9.59 Å². The first-order valence-electron chi connectivity index (χ1n) is 8.12. The van der Waals surface area contributed by atoms with E-state index in [1.165, 1.54) is 0 Å². The molecule has 136 valence electrons. The van der Waals surface area contributed by atoms with Crippen LogP contribution >= 0.6 is 15.9 Å². The molecule has 26 heavy (non-hydrogen) atoms. The first-order chi connectivity index (χ1) is 12.5. The number of rotatable bonds is 7. The number of amides is 3. The average Bonchev–Trinajstić information content (AvgIpc) is 2.62. The molecule has 6 nitrogen and oxygen atoms in total. The van der Waals surface area contributed by atoms with Crippen molar-refractivity contribution >= 4 is 39.3 Å². The summed E-state index contributed by atoms with van der Waals surface area (Å²) < 4.78 is 0.761. The average molecular weight is 418 g/mol. The summed E-state index contributed by atoms with van der Waals surface area (Å²) in [6.45, 7) is 1.60. The molecule has 0 saturated carbocycles. The molecule has 0 heterocycles. The molecule has 0 bridgehead atoms. The molecule has 2 aromatic carbocycles. The maximum absolute atomic E-state index is 12.0. The van der Waals surface area contributed by atoms with Crippen molar-refractivity contribution in [2.24, 2.45) is 0 Å².